The zero-order chi connectivity index (χ0) is 15.4. The van der Waals surface area contributed by atoms with Crippen LogP contribution in [0, 0.1) is 0 Å². The van der Waals surface area contributed by atoms with Gasteiger partial charge in [-0.05, 0) is 33.0 Å². The van der Waals surface area contributed by atoms with Gasteiger partial charge in [0.25, 0.3) is 0 Å². The number of para-hydroxylation sites is 1. The minimum absolute atomic E-state index is 0.127. The lowest BCUT2D eigenvalue weighted by Gasteiger charge is -2.30. The number of nitrogens with one attached hydrogen (secondary N) is 1. The highest BCUT2D eigenvalue weighted by Gasteiger charge is 2.35. The third kappa shape index (κ3) is 4.38. The topological polar surface area (TPSA) is 41.5 Å². The maximum Gasteiger partial charge on any atom is 0.419 e. The highest BCUT2D eigenvalue weighted by molar-refractivity contribution is 5.35. The van der Waals surface area contributed by atoms with Gasteiger partial charge in [0.15, 0.2) is 0 Å². The van der Waals surface area contributed by atoms with Crippen molar-refractivity contribution in [1.29, 1.82) is 0 Å². The fourth-order valence-corrected chi connectivity index (χ4v) is 1.94. The summed E-state index contributed by atoms with van der Waals surface area (Å²) in [5, 5.41) is 12.2. The Kier molecular flexibility index (Phi) is 5.42. The van der Waals surface area contributed by atoms with Crippen LogP contribution in [0.2, 0.25) is 0 Å². The first-order valence-corrected chi connectivity index (χ1v) is 6.34. The van der Waals surface area contributed by atoms with Crippen LogP contribution in [0.4, 0.5) is 13.2 Å². The van der Waals surface area contributed by atoms with E-state index < -0.39 is 23.4 Å². The standard InChI is InChI=1S/C14H20F3NO2/c1-10(8-13(2,9-19)18-3)20-12-7-5-4-6-11(12)14(15,16)17/h4-7,10,18-19H,8-9H2,1-3H3. The van der Waals surface area contributed by atoms with Crippen molar-refractivity contribution in [3.63, 3.8) is 0 Å². The molecule has 0 spiro atoms. The predicted molar refractivity (Wildman–Crippen MR) is 70.7 cm³/mol. The molecule has 1 aromatic rings. The number of likely N-dealkylation sites (N-methyl/N-ethyl adjacent to an activating group) is 1. The second-order valence-electron chi connectivity index (χ2n) is 5.10. The molecule has 0 amide bonds. The van der Waals surface area contributed by atoms with Gasteiger partial charge in [0.2, 0.25) is 0 Å². The zero-order valence-electron chi connectivity index (χ0n) is 11.8. The number of hydrogen-bond donors (Lipinski definition) is 2. The molecule has 0 aliphatic heterocycles. The molecule has 0 aliphatic rings. The van der Waals surface area contributed by atoms with Crippen molar-refractivity contribution >= 4 is 0 Å². The van der Waals surface area contributed by atoms with Crippen molar-refractivity contribution in [3.8, 4) is 5.75 Å². The van der Waals surface area contributed by atoms with Gasteiger partial charge in [-0.3, -0.25) is 0 Å². The summed E-state index contributed by atoms with van der Waals surface area (Å²) in [6.07, 6.45) is -4.53. The number of benzene rings is 1. The van der Waals surface area contributed by atoms with Gasteiger partial charge in [0.1, 0.15) is 5.75 Å². The molecule has 0 radical (unpaired) electrons. The monoisotopic (exact) mass is 291 g/mol. The average Bonchev–Trinajstić information content (AvgIpc) is 2.37. The van der Waals surface area contributed by atoms with E-state index in [0.29, 0.717) is 6.42 Å². The van der Waals surface area contributed by atoms with Gasteiger partial charge >= 0.3 is 6.18 Å². The SMILES string of the molecule is CNC(C)(CO)CC(C)Oc1ccccc1C(F)(F)F. The molecule has 0 aromatic heterocycles. The molecule has 0 saturated heterocycles. The first kappa shape index (κ1) is 16.8. The van der Waals surface area contributed by atoms with Crippen LogP contribution in [0.5, 0.6) is 5.75 Å². The fraction of sp³-hybridized carbons (Fsp3) is 0.571. The van der Waals surface area contributed by atoms with E-state index in [0.717, 1.165) is 6.07 Å². The van der Waals surface area contributed by atoms with E-state index in [9.17, 15) is 18.3 Å². The van der Waals surface area contributed by atoms with E-state index in [2.05, 4.69) is 5.32 Å². The maximum atomic E-state index is 12.8. The Labute approximate surface area is 116 Å². The number of alkyl halides is 3. The Morgan fingerprint density at radius 2 is 1.90 bits per heavy atom. The van der Waals surface area contributed by atoms with Crippen LogP contribution in [-0.2, 0) is 6.18 Å². The molecule has 0 aliphatic carbocycles. The minimum atomic E-state index is -4.44. The van der Waals surface area contributed by atoms with Crippen LogP contribution >= 0.6 is 0 Å². The molecule has 20 heavy (non-hydrogen) atoms. The Balaban J connectivity index is 2.84. The summed E-state index contributed by atoms with van der Waals surface area (Å²) < 4.78 is 43.9. The molecule has 0 bridgehead atoms. The predicted octanol–water partition coefficient (Wildman–Crippen LogP) is 2.83. The first-order chi connectivity index (χ1) is 9.22. The Morgan fingerprint density at radius 1 is 1.30 bits per heavy atom. The van der Waals surface area contributed by atoms with Gasteiger partial charge in [-0.25, -0.2) is 0 Å². The molecule has 2 atom stereocenters. The number of rotatable bonds is 6. The van der Waals surface area contributed by atoms with Gasteiger partial charge in [0.05, 0.1) is 18.3 Å². The number of ether oxygens (including phenoxy) is 1. The third-order valence-corrected chi connectivity index (χ3v) is 3.21. The molecule has 2 N–H and O–H groups in total. The van der Waals surface area contributed by atoms with E-state index in [-0.39, 0.29) is 12.4 Å². The molecular weight excluding hydrogens is 271 g/mol. The van der Waals surface area contributed by atoms with Crippen molar-refractivity contribution in [2.75, 3.05) is 13.7 Å². The maximum absolute atomic E-state index is 12.8. The zero-order valence-corrected chi connectivity index (χ0v) is 11.8. The summed E-state index contributed by atoms with van der Waals surface area (Å²) in [4.78, 5) is 0. The highest BCUT2D eigenvalue weighted by Crippen LogP contribution is 2.36. The third-order valence-electron chi connectivity index (χ3n) is 3.21. The Bertz CT molecular complexity index is 431. The van der Waals surface area contributed by atoms with E-state index in [4.69, 9.17) is 4.74 Å². The Morgan fingerprint density at radius 3 is 2.40 bits per heavy atom. The van der Waals surface area contributed by atoms with E-state index in [1.165, 1.54) is 18.2 Å². The van der Waals surface area contributed by atoms with Crippen molar-refractivity contribution in [2.45, 2.75) is 38.1 Å². The first-order valence-electron chi connectivity index (χ1n) is 6.34. The summed E-state index contributed by atoms with van der Waals surface area (Å²) in [5.74, 6) is -0.191. The highest BCUT2D eigenvalue weighted by atomic mass is 19.4. The number of halogens is 3. The number of hydrogen-bond acceptors (Lipinski definition) is 3. The molecule has 1 aromatic carbocycles. The van der Waals surface area contributed by atoms with Gasteiger partial charge in [-0.2, -0.15) is 13.2 Å². The van der Waals surface area contributed by atoms with Crippen LogP contribution in [0.15, 0.2) is 24.3 Å². The van der Waals surface area contributed by atoms with Crippen molar-refractivity contribution in [1.82, 2.24) is 5.32 Å². The van der Waals surface area contributed by atoms with E-state index in [1.54, 1.807) is 20.9 Å². The smallest absolute Gasteiger partial charge is 0.419 e. The van der Waals surface area contributed by atoms with Crippen molar-refractivity contribution < 1.29 is 23.0 Å². The van der Waals surface area contributed by atoms with Gasteiger partial charge in [0, 0.05) is 12.0 Å². The number of aliphatic hydroxyl groups excluding tert-OH is 1. The van der Waals surface area contributed by atoms with Crippen LogP contribution in [0.1, 0.15) is 25.8 Å². The molecule has 0 saturated carbocycles. The largest absolute Gasteiger partial charge is 0.490 e. The fourth-order valence-electron chi connectivity index (χ4n) is 1.94. The molecule has 6 heteroatoms. The summed E-state index contributed by atoms with van der Waals surface area (Å²) in [6.45, 7) is 3.33. The lowest BCUT2D eigenvalue weighted by molar-refractivity contribution is -0.139. The summed E-state index contributed by atoms with van der Waals surface area (Å²) in [5.41, 5.74) is -1.38. The van der Waals surface area contributed by atoms with E-state index >= 15 is 0 Å². The molecule has 114 valence electrons. The van der Waals surface area contributed by atoms with E-state index in [1.807, 2.05) is 0 Å². The van der Waals surface area contributed by atoms with Crippen molar-refractivity contribution in [3.05, 3.63) is 29.8 Å². The average molecular weight is 291 g/mol. The van der Waals surface area contributed by atoms with Crippen molar-refractivity contribution in [2.24, 2.45) is 0 Å². The summed E-state index contributed by atoms with van der Waals surface area (Å²) in [7, 11) is 1.69. The molecule has 2 unspecified atom stereocenters. The van der Waals surface area contributed by atoms with Crippen LogP contribution < -0.4 is 10.1 Å². The van der Waals surface area contributed by atoms with Crippen LogP contribution in [0.25, 0.3) is 0 Å². The van der Waals surface area contributed by atoms with Crippen LogP contribution in [0.3, 0.4) is 0 Å². The lowest BCUT2D eigenvalue weighted by atomic mass is 9.96. The normalized spacial score (nSPS) is 16.6. The summed E-state index contributed by atoms with van der Waals surface area (Å²) in [6, 6.07) is 5.12. The van der Waals surface area contributed by atoms with Crippen LogP contribution in [-0.4, -0.2) is 30.4 Å². The molecule has 1 rings (SSSR count). The quantitative estimate of drug-likeness (QED) is 0.847. The Hall–Kier alpha value is -1.27. The van der Waals surface area contributed by atoms with Gasteiger partial charge in [-0.1, -0.05) is 12.1 Å². The summed E-state index contributed by atoms with van der Waals surface area (Å²) >= 11 is 0. The molecule has 0 fully saturated rings. The van der Waals surface area contributed by atoms with Gasteiger partial charge in [-0.15, -0.1) is 0 Å². The second-order valence-corrected chi connectivity index (χ2v) is 5.10. The second kappa shape index (κ2) is 6.45. The number of aliphatic hydroxyl groups is 1. The molecular formula is C14H20F3NO2. The molecule has 0 heterocycles. The lowest BCUT2D eigenvalue weighted by Crippen LogP contribution is -2.46. The van der Waals surface area contributed by atoms with Gasteiger partial charge < -0.3 is 15.2 Å². The molecule has 3 nitrogen and oxygen atoms in total. The minimum Gasteiger partial charge on any atom is -0.490 e.